The standard InChI is InChI=1S/C11H13N7O2S/c12-10-11(18-6-2-1-3-9(18)16-10)21(19,20)15-5-4-8-13-7-14-17-8/h1-3,6-7,15H,4-5,12H2,(H,13,14,17). The van der Waals surface area contributed by atoms with Gasteiger partial charge in [0.2, 0.25) is 0 Å². The topological polar surface area (TPSA) is 131 Å². The fraction of sp³-hybridized carbons (Fsp3) is 0.182. The van der Waals surface area contributed by atoms with Crippen LogP contribution in [-0.4, -0.2) is 39.5 Å². The van der Waals surface area contributed by atoms with Crippen molar-refractivity contribution in [3.63, 3.8) is 0 Å². The molecule has 3 aromatic heterocycles. The van der Waals surface area contributed by atoms with Gasteiger partial charge in [0.05, 0.1) is 0 Å². The second kappa shape index (κ2) is 5.14. The predicted molar refractivity (Wildman–Crippen MR) is 74.9 cm³/mol. The van der Waals surface area contributed by atoms with Crippen LogP contribution in [0.3, 0.4) is 0 Å². The largest absolute Gasteiger partial charge is 0.381 e. The predicted octanol–water partition coefficient (Wildman–Crippen LogP) is -0.444. The van der Waals surface area contributed by atoms with E-state index in [4.69, 9.17) is 5.73 Å². The molecule has 10 heteroatoms. The van der Waals surface area contributed by atoms with Crippen LogP contribution in [0.4, 0.5) is 5.82 Å². The Bertz CT molecular complexity index is 854. The van der Waals surface area contributed by atoms with Gasteiger partial charge in [-0.3, -0.25) is 9.50 Å². The fourth-order valence-electron chi connectivity index (χ4n) is 1.98. The molecule has 0 saturated carbocycles. The SMILES string of the molecule is Nc1nc2ccccn2c1S(=O)(=O)NCCc1ncn[nH]1. The van der Waals surface area contributed by atoms with E-state index in [1.54, 1.807) is 24.4 Å². The zero-order valence-corrected chi connectivity index (χ0v) is 11.7. The van der Waals surface area contributed by atoms with Gasteiger partial charge in [-0.05, 0) is 12.1 Å². The van der Waals surface area contributed by atoms with Gasteiger partial charge < -0.3 is 5.73 Å². The number of nitrogens with zero attached hydrogens (tertiary/aromatic N) is 4. The molecule has 0 spiro atoms. The average Bonchev–Trinajstić information content (AvgIpc) is 3.04. The van der Waals surface area contributed by atoms with Crippen molar-refractivity contribution in [2.24, 2.45) is 0 Å². The Morgan fingerprint density at radius 1 is 1.38 bits per heavy atom. The maximum absolute atomic E-state index is 12.4. The summed E-state index contributed by atoms with van der Waals surface area (Å²) in [7, 11) is -3.76. The molecule has 3 aromatic rings. The van der Waals surface area contributed by atoms with Gasteiger partial charge in [0.1, 0.15) is 17.8 Å². The number of rotatable bonds is 5. The molecular formula is C11H13N7O2S. The highest BCUT2D eigenvalue weighted by molar-refractivity contribution is 7.89. The van der Waals surface area contributed by atoms with Crippen LogP contribution in [0.2, 0.25) is 0 Å². The number of sulfonamides is 1. The Morgan fingerprint density at radius 2 is 2.24 bits per heavy atom. The molecule has 110 valence electrons. The van der Waals surface area contributed by atoms with Gasteiger partial charge in [0.15, 0.2) is 10.8 Å². The van der Waals surface area contributed by atoms with Crippen molar-refractivity contribution >= 4 is 21.5 Å². The van der Waals surface area contributed by atoms with E-state index in [2.05, 4.69) is 24.9 Å². The number of nitrogen functional groups attached to an aromatic ring is 1. The van der Waals surface area contributed by atoms with Gasteiger partial charge in [-0.2, -0.15) is 5.10 Å². The third-order valence-corrected chi connectivity index (χ3v) is 4.38. The second-order valence-corrected chi connectivity index (χ2v) is 5.99. The molecule has 0 aliphatic carbocycles. The van der Waals surface area contributed by atoms with E-state index >= 15 is 0 Å². The zero-order chi connectivity index (χ0) is 14.9. The van der Waals surface area contributed by atoms with Crippen LogP contribution >= 0.6 is 0 Å². The van der Waals surface area contributed by atoms with Crippen LogP contribution in [0.15, 0.2) is 35.7 Å². The summed E-state index contributed by atoms with van der Waals surface area (Å²) in [5.41, 5.74) is 6.20. The first-order valence-electron chi connectivity index (χ1n) is 6.14. The minimum Gasteiger partial charge on any atom is -0.381 e. The summed E-state index contributed by atoms with van der Waals surface area (Å²) < 4.78 is 28.6. The zero-order valence-electron chi connectivity index (χ0n) is 10.9. The van der Waals surface area contributed by atoms with Crippen LogP contribution in [0.25, 0.3) is 5.65 Å². The molecule has 21 heavy (non-hydrogen) atoms. The van der Waals surface area contributed by atoms with Crippen molar-refractivity contribution in [1.82, 2.24) is 29.3 Å². The molecule has 0 aliphatic heterocycles. The van der Waals surface area contributed by atoms with Crippen LogP contribution in [0.5, 0.6) is 0 Å². The third-order valence-electron chi connectivity index (χ3n) is 2.88. The van der Waals surface area contributed by atoms with Crippen molar-refractivity contribution in [2.45, 2.75) is 11.4 Å². The summed E-state index contributed by atoms with van der Waals surface area (Å²) in [5, 5.41) is 6.30. The monoisotopic (exact) mass is 307 g/mol. The molecule has 0 saturated heterocycles. The molecule has 0 atom stereocenters. The van der Waals surface area contributed by atoms with E-state index in [1.807, 2.05) is 0 Å². The van der Waals surface area contributed by atoms with Crippen molar-refractivity contribution in [1.29, 1.82) is 0 Å². The maximum Gasteiger partial charge on any atom is 0.260 e. The van der Waals surface area contributed by atoms with Crippen LogP contribution in [0, 0.1) is 0 Å². The fourth-order valence-corrected chi connectivity index (χ4v) is 3.22. The average molecular weight is 307 g/mol. The van der Waals surface area contributed by atoms with E-state index in [0.29, 0.717) is 17.9 Å². The number of nitrogens with two attached hydrogens (primary N) is 1. The molecular weight excluding hydrogens is 294 g/mol. The van der Waals surface area contributed by atoms with E-state index in [9.17, 15) is 8.42 Å². The number of fused-ring (bicyclic) bond motifs is 1. The third kappa shape index (κ3) is 2.58. The lowest BCUT2D eigenvalue weighted by molar-refractivity contribution is 0.576. The Kier molecular flexibility index (Phi) is 3.31. The van der Waals surface area contributed by atoms with Crippen LogP contribution < -0.4 is 10.5 Å². The van der Waals surface area contributed by atoms with Gasteiger partial charge in [-0.25, -0.2) is 23.1 Å². The highest BCUT2D eigenvalue weighted by atomic mass is 32.2. The number of hydrogen-bond donors (Lipinski definition) is 3. The number of hydrogen-bond acceptors (Lipinski definition) is 6. The highest BCUT2D eigenvalue weighted by Gasteiger charge is 2.23. The first-order chi connectivity index (χ1) is 10.1. The van der Waals surface area contributed by atoms with Crippen molar-refractivity contribution < 1.29 is 8.42 Å². The minimum atomic E-state index is -3.76. The van der Waals surface area contributed by atoms with Crippen molar-refractivity contribution in [2.75, 3.05) is 12.3 Å². The molecule has 0 amide bonds. The summed E-state index contributed by atoms with van der Waals surface area (Å²) in [6.45, 7) is 0.178. The summed E-state index contributed by atoms with van der Waals surface area (Å²) in [5.74, 6) is 0.567. The Hall–Kier alpha value is -2.46. The number of aromatic amines is 1. The van der Waals surface area contributed by atoms with Crippen LogP contribution in [-0.2, 0) is 16.4 Å². The highest BCUT2D eigenvalue weighted by Crippen LogP contribution is 2.19. The number of imidazole rings is 1. The first-order valence-corrected chi connectivity index (χ1v) is 7.63. The van der Waals surface area contributed by atoms with Crippen molar-refractivity contribution in [3.05, 3.63) is 36.5 Å². The van der Waals surface area contributed by atoms with Crippen molar-refractivity contribution in [3.8, 4) is 0 Å². The quantitative estimate of drug-likeness (QED) is 0.585. The molecule has 0 radical (unpaired) electrons. The van der Waals surface area contributed by atoms with Gasteiger partial charge in [-0.1, -0.05) is 6.07 Å². The smallest absolute Gasteiger partial charge is 0.260 e. The Morgan fingerprint density at radius 3 is 3.00 bits per heavy atom. The van der Waals surface area contributed by atoms with Gasteiger partial charge in [0, 0.05) is 19.2 Å². The molecule has 4 N–H and O–H groups in total. The van der Waals surface area contributed by atoms with Gasteiger partial charge in [-0.15, -0.1) is 0 Å². The lowest BCUT2D eigenvalue weighted by Gasteiger charge is -2.06. The van der Waals surface area contributed by atoms with E-state index < -0.39 is 10.0 Å². The number of nitrogens with one attached hydrogen (secondary N) is 2. The molecule has 0 aromatic carbocycles. The molecule has 0 bridgehead atoms. The normalized spacial score (nSPS) is 12.0. The van der Waals surface area contributed by atoms with Gasteiger partial charge >= 0.3 is 0 Å². The molecule has 9 nitrogen and oxygen atoms in total. The van der Waals surface area contributed by atoms with Gasteiger partial charge in [0.25, 0.3) is 10.0 Å². The molecule has 3 rings (SSSR count). The molecule has 3 heterocycles. The number of anilines is 1. The van der Waals surface area contributed by atoms with E-state index in [0.717, 1.165) is 0 Å². The molecule has 0 unspecified atom stereocenters. The number of aromatic nitrogens is 5. The Balaban J connectivity index is 1.84. The summed E-state index contributed by atoms with van der Waals surface area (Å²) in [6, 6.07) is 5.15. The Labute approximate surface area is 120 Å². The number of H-pyrrole nitrogens is 1. The summed E-state index contributed by atoms with van der Waals surface area (Å²) in [4.78, 5) is 7.95. The van der Waals surface area contributed by atoms with E-state index in [-0.39, 0.29) is 17.4 Å². The summed E-state index contributed by atoms with van der Waals surface area (Å²) >= 11 is 0. The molecule has 0 fully saturated rings. The first kappa shape index (κ1) is 13.5. The minimum absolute atomic E-state index is 0.0339. The van der Waals surface area contributed by atoms with E-state index in [1.165, 1.54) is 10.7 Å². The number of pyridine rings is 1. The maximum atomic E-state index is 12.4. The van der Waals surface area contributed by atoms with Crippen LogP contribution in [0.1, 0.15) is 5.82 Å². The lowest BCUT2D eigenvalue weighted by atomic mass is 10.4. The molecule has 0 aliphatic rings. The lowest BCUT2D eigenvalue weighted by Crippen LogP contribution is -2.28. The second-order valence-electron chi connectivity index (χ2n) is 4.31. The summed E-state index contributed by atoms with van der Waals surface area (Å²) in [6.07, 6.45) is 3.37.